The van der Waals surface area contributed by atoms with Crippen molar-refractivity contribution in [2.45, 2.75) is 26.1 Å². The van der Waals surface area contributed by atoms with Gasteiger partial charge in [0.2, 0.25) is 11.7 Å². The zero-order valence-corrected chi connectivity index (χ0v) is 15.1. The molecule has 0 bridgehead atoms. The number of aromatic nitrogens is 3. The Kier molecular flexibility index (Phi) is 5.43. The maximum atomic E-state index is 12.9. The Hall–Kier alpha value is -3.23. The van der Waals surface area contributed by atoms with Crippen molar-refractivity contribution in [2.75, 3.05) is 0 Å². The SMILES string of the molecule is CC(C)C(NC(=O)c1cccc(C(F)(F)F)c1)c1nc(-c2ccncc2)no1. The summed E-state index contributed by atoms with van der Waals surface area (Å²) in [6.45, 7) is 3.65. The lowest BCUT2D eigenvalue weighted by atomic mass is 10.0. The molecule has 6 nitrogen and oxygen atoms in total. The van der Waals surface area contributed by atoms with Crippen molar-refractivity contribution in [1.82, 2.24) is 20.4 Å². The second-order valence-electron chi connectivity index (χ2n) is 6.47. The molecule has 1 amide bonds. The van der Waals surface area contributed by atoms with Gasteiger partial charge in [-0.05, 0) is 36.2 Å². The van der Waals surface area contributed by atoms with Gasteiger partial charge in [-0.3, -0.25) is 9.78 Å². The van der Waals surface area contributed by atoms with E-state index in [4.69, 9.17) is 4.52 Å². The Morgan fingerprint density at radius 1 is 1.14 bits per heavy atom. The van der Waals surface area contributed by atoms with Crippen LogP contribution in [0.1, 0.15) is 41.7 Å². The Morgan fingerprint density at radius 3 is 2.50 bits per heavy atom. The van der Waals surface area contributed by atoms with Crippen LogP contribution < -0.4 is 5.32 Å². The molecule has 0 aliphatic rings. The maximum absolute atomic E-state index is 12.9. The van der Waals surface area contributed by atoms with E-state index >= 15 is 0 Å². The molecule has 3 rings (SSSR count). The molecule has 0 aliphatic carbocycles. The zero-order chi connectivity index (χ0) is 20.3. The smallest absolute Gasteiger partial charge is 0.340 e. The first kappa shape index (κ1) is 19.5. The van der Waals surface area contributed by atoms with E-state index in [1.54, 1.807) is 24.5 Å². The molecule has 0 saturated heterocycles. The largest absolute Gasteiger partial charge is 0.416 e. The van der Waals surface area contributed by atoms with Gasteiger partial charge in [-0.2, -0.15) is 18.2 Å². The van der Waals surface area contributed by atoms with Crippen LogP contribution >= 0.6 is 0 Å². The highest BCUT2D eigenvalue weighted by Gasteiger charge is 2.31. The first-order valence-electron chi connectivity index (χ1n) is 8.48. The van der Waals surface area contributed by atoms with E-state index in [1.165, 1.54) is 12.1 Å². The number of halogens is 3. The van der Waals surface area contributed by atoms with Crippen molar-refractivity contribution in [1.29, 1.82) is 0 Å². The van der Waals surface area contributed by atoms with Gasteiger partial charge in [-0.1, -0.05) is 25.1 Å². The summed E-state index contributed by atoms with van der Waals surface area (Å²) < 4.78 is 43.9. The van der Waals surface area contributed by atoms with E-state index in [0.717, 1.165) is 12.1 Å². The summed E-state index contributed by atoms with van der Waals surface area (Å²) in [6, 6.07) is 6.98. The summed E-state index contributed by atoms with van der Waals surface area (Å²) in [4.78, 5) is 20.7. The average Bonchev–Trinajstić information content (AvgIpc) is 3.15. The van der Waals surface area contributed by atoms with E-state index in [9.17, 15) is 18.0 Å². The molecule has 1 atom stereocenters. The zero-order valence-electron chi connectivity index (χ0n) is 15.1. The van der Waals surface area contributed by atoms with Crippen molar-refractivity contribution < 1.29 is 22.5 Å². The third-order valence-electron chi connectivity index (χ3n) is 4.05. The summed E-state index contributed by atoms with van der Waals surface area (Å²) in [5.74, 6) is -0.299. The number of nitrogens with zero attached hydrogens (tertiary/aromatic N) is 3. The molecule has 1 N–H and O–H groups in total. The van der Waals surface area contributed by atoms with Gasteiger partial charge in [0.1, 0.15) is 6.04 Å². The van der Waals surface area contributed by atoms with E-state index in [0.29, 0.717) is 11.4 Å². The lowest BCUT2D eigenvalue weighted by molar-refractivity contribution is -0.137. The van der Waals surface area contributed by atoms with Crippen LogP contribution in [-0.2, 0) is 6.18 Å². The van der Waals surface area contributed by atoms with E-state index in [1.807, 2.05) is 13.8 Å². The molecule has 9 heteroatoms. The highest BCUT2D eigenvalue weighted by Crippen LogP contribution is 2.30. The Labute approximate surface area is 158 Å². The fourth-order valence-electron chi connectivity index (χ4n) is 2.55. The van der Waals surface area contributed by atoms with Gasteiger partial charge in [0.15, 0.2) is 0 Å². The van der Waals surface area contributed by atoms with Crippen molar-refractivity contribution in [3.63, 3.8) is 0 Å². The monoisotopic (exact) mass is 390 g/mol. The minimum atomic E-state index is -4.53. The number of hydrogen-bond acceptors (Lipinski definition) is 5. The predicted molar refractivity (Wildman–Crippen MR) is 94.0 cm³/mol. The second kappa shape index (κ2) is 7.79. The van der Waals surface area contributed by atoms with Gasteiger partial charge in [-0.15, -0.1) is 0 Å². The van der Waals surface area contributed by atoms with Gasteiger partial charge in [0.05, 0.1) is 5.56 Å². The molecule has 0 radical (unpaired) electrons. The Bertz CT molecular complexity index is 955. The number of carbonyl (C=O) groups is 1. The standard InChI is InChI=1S/C19H17F3N4O2/c1-11(2)15(18-25-16(26-28-18)12-6-8-23-9-7-12)24-17(27)13-4-3-5-14(10-13)19(20,21)22/h3-11,15H,1-2H3,(H,24,27). The fourth-order valence-corrected chi connectivity index (χ4v) is 2.55. The summed E-state index contributed by atoms with van der Waals surface area (Å²) in [5.41, 5.74) is -0.301. The van der Waals surface area contributed by atoms with Crippen molar-refractivity contribution in [2.24, 2.45) is 5.92 Å². The van der Waals surface area contributed by atoms with Gasteiger partial charge >= 0.3 is 6.18 Å². The van der Waals surface area contributed by atoms with Crippen LogP contribution in [0.4, 0.5) is 13.2 Å². The molecule has 2 aromatic heterocycles. The van der Waals surface area contributed by atoms with Crippen LogP contribution in [0.3, 0.4) is 0 Å². The highest BCUT2D eigenvalue weighted by atomic mass is 19.4. The number of carbonyl (C=O) groups excluding carboxylic acids is 1. The predicted octanol–water partition coefficient (Wildman–Crippen LogP) is 4.28. The van der Waals surface area contributed by atoms with Gasteiger partial charge in [-0.25, -0.2) is 0 Å². The van der Waals surface area contributed by atoms with Crippen LogP contribution in [0.5, 0.6) is 0 Å². The van der Waals surface area contributed by atoms with Gasteiger partial charge in [0.25, 0.3) is 5.91 Å². The lowest BCUT2D eigenvalue weighted by Crippen LogP contribution is -2.32. The molecule has 146 valence electrons. The van der Waals surface area contributed by atoms with Crippen LogP contribution in [0.25, 0.3) is 11.4 Å². The molecule has 1 aromatic carbocycles. The summed E-state index contributed by atoms with van der Waals surface area (Å²) in [7, 11) is 0. The van der Waals surface area contributed by atoms with Crippen LogP contribution in [-0.4, -0.2) is 21.0 Å². The van der Waals surface area contributed by atoms with Crippen molar-refractivity contribution >= 4 is 5.91 Å². The molecule has 0 saturated carbocycles. The quantitative estimate of drug-likeness (QED) is 0.703. The summed E-state index contributed by atoms with van der Waals surface area (Å²) >= 11 is 0. The molecular weight excluding hydrogens is 373 g/mol. The number of amides is 1. The third kappa shape index (κ3) is 4.36. The number of benzene rings is 1. The fraction of sp³-hybridized carbons (Fsp3) is 0.263. The average molecular weight is 390 g/mol. The van der Waals surface area contributed by atoms with Crippen molar-refractivity contribution in [3.8, 4) is 11.4 Å². The molecular formula is C19H17F3N4O2. The summed E-state index contributed by atoms with van der Waals surface area (Å²) in [6.07, 6.45) is -1.36. The van der Waals surface area contributed by atoms with Crippen LogP contribution in [0.2, 0.25) is 0 Å². The van der Waals surface area contributed by atoms with Crippen LogP contribution in [0, 0.1) is 5.92 Å². The van der Waals surface area contributed by atoms with E-state index < -0.39 is 23.7 Å². The summed E-state index contributed by atoms with van der Waals surface area (Å²) in [5, 5.41) is 6.58. The van der Waals surface area contributed by atoms with Crippen LogP contribution in [0.15, 0.2) is 53.3 Å². The molecule has 1 unspecified atom stereocenters. The Morgan fingerprint density at radius 2 is 1.86 bits per heavy atom. The van der Waals surface area contributed by atoms with E-state index in [2.05, 4.69) is 20.4 Å². The van der Waals surface area contributed by atoms with Gasteiger partial charge in [0, 0.05) is 23.5 Å². The first-order chi connectivity index (χ1) is 13.3. The minimum absolute atomic E-state index is 0.102. The van der Waals surface area contributed by atoms with E-state index in [-0.39, 0.29) is 17.4 Å². The molecule has 2 heterocycles. The highest BCUT2D eigenvalue weighted by molar-refractivity contribution is 5.94. The number of hydrogen-bond donors (Lipinski definition) is 1. The molecule has 0 fully saturated rings. The number of rotatable bonds is 5. The number of pyridine rings is 1. The first-order valence-corrected chi connectivity index (χ1v) is 8.48. The second-order valence-corrected chi connectivity index (χ2v) is 6.47. The third-order valence-corrected chi connectivity index (χ3v) is 4.05. The minimum Gasteiger partial charge on any atom is -0.340 e. The molecule has 0 aliphatic heterocycles. The van der Waals surface area contributed by atoms with Crippen molar-refractivity contribution in [3.05, 3.63) is 65.8 Å². The Balaban J connectivity index is 1.83. The maximum Gasteiger partial charge on any atom is 0.416 e. The van der Waals surface area contributed by atoms with Gasteiger partial charge < -0.3 is 9.84 Å². The lowest BCUT2D eigenvalue weighted by Gasteiger charge is -2.19. The topological polar surface area (TPSA) is 80.9 Å². The molecule has 3 aromatic rings. The normalized spacial score (nSPS) is 12.8. The molecule has 0 spiro atoms. The number of nitrogens with one attached hydrogen (secondary N) is 1. The molecule has 28 heavy (non-hydrogen) atoms. The number of alkyl halides is 3.